The summed E-state index contributed by atoms with van der Waals surface area (Å²) in [6, 6.07) is 0. The van der Waals surface area contributed by atoms with Crippen molar-refractivity contribution in [3.63, 3.8) is 0 Å². The van der Waals surface area contributed by atoms with E-state index < -0.39 is 5.97 Å². The molecule has 0 atom stereocenters. The summed E-state index contributed by atoms with van der Waals surface area (Å²) in [6.07, 6.45) is 18.6. The molecule has 0 saturated heterocycles. The maximum atomic E-state index is 11.9. The van der Waals surface area contributed by atoms with Gasteiger partial charge in [0.2, 0.25) is 5.91 Å². The molecule has 0 aliphatic rings. The molecular weight excluding hydrogens is 302 g/mol. The van der Waals surface area contributed by atoms with Crippen LogP contribution in [0.5, 0.6) is 0 Å². The average Bonchev–Trinajstić information content (AvgIpc) is 2.55. The van der Waals surface area contributed by atoms with Crippen LogP contribution in [-0.4, -0.2) is 35.5 Å². The van der Waals surface area contributed by atoms with Gasteiger partial charge in [-0.2, -0.15) is 0 Å². The summed E-state index contributed by atoms with van der Waals surface area (Å²) in [7, 11) is 1.82. The zero-order chi connectivity index (χ0) is 18.0. The number of unbranched alkanes of at least 4 members (excludes halogenated alkanes) is 7. The van der Waals surface area contributed by atoms with Crippen LogP contribution in [0.1, 0.15) is 77.6 Å². The Hall–Kier alpha value is -1.58. The van der Waals surface area contributed by atoms with Gasteiger partial charge in [0.1, 0.15) is 0 Å². The molecule has 0 saturated carbocycles. The van der Waals surface area contributed by atoms with Gasteiger partial charge in [0.05, 0.1) is 0 Å². The van der Waals surface area contributed by atoms with E-state index in [-0.39, 0.29) is 12.3 Å². The number of rotatable bonds is 15. The molecule has 1 amide bonds. The van der Waals surface area contributed by atoms with Gasteiger partial charge < -0.3 is 10.0 Å². The van der Waals surface area contributed by atoms with E-state index >= 15 is 0 Å². The van der Waals surface area contributed by atoms with Crippen LogP contribution in [0.2, 0.25) is 0 Å². The minimum atomic E-state index is -0.743. The van der Waals surface area contributed by atoms with Crippen LogP contribution in [0.25, 0.3) is 0 Å². The molecule has 0 aromatic rings. The first-order chi connectivity index (χ1) is 11.6. The van der Waals surface area contributed by atoms with E-state index in [0.29, 0.717) is 19.4 Å². The van der Waals surface area contributed by atoms with Crippen molar-refractivity contribution in [2.24, 2.45) is 0 Å². The summed E-state index contributed by atoms with van der Waals surface area (Å²) >= 11 is 0. The number of hydrogen-bond donors (Lipinski definition) is 1. The Labute approximate surface area is 147 Å². The van der Waals surface area contributed by atoms with Crippen LogP contribution in [0.15, 0.2) is 24.3 Å². The lowest BCUT2D eigenvalue weighted by molar-refractivity contribution is -0.137. The lowest BCUT2D eigenvalue weighted by atomic mass is 10.1. The highest BCUT2D eigenvalue weighted by atomic mass is 16.4. The third-order valence-corrected chi connectivity index (χ3v) is 3.94. The first-order valence-electron chi connectivity index (χ1n) is 9.35. The molecule has 0 aliphatic heterocycles. The number of hydrogen-bond acceptors (Lipinski definition) is 2. The molecule has 1 N–H and O–H groups in total. The lowest BCUT2D eigenvalue weighted by Crippen LogP contribution is -2.26. The second-order valence-corrected chi connectivity index (χ2v) is 6.29. The van der Waals surface area contributed by atoms with Crippen LogP contribution in [0.3, 0.4) is 0 Å². The number of allylic oxidation sites excluding steroid dienone is 3. The van der Waals surface area contributed by atoms with Gasteiger partial charge in [-0.3, -0.25) is 9.59 Å². The van der Waals surface area contributed by atoms with Gasteiger partial charge in [0.15, 0.2) is 0 Å². The number of likely N-dealkylation sites (N-methyl/N-ethyl adjacent to an activating group) is 1. The minimum absolute atomic E-state index is 0.154. The molecule has 0 unspecified atom stereocenters. The number of aliphatic carboxylic acids is 1. The van der Waals surface area contributed by atoms with Crippen molar-refractivity contribution in [3.8, 4) is 0 Å². The summed E-state index contributed by atoms with van der Waals surface area (Å²) in [5.74, 6) is -0.589. The highest BCUT2D eigenvalue weighted by molar-refractivity contribution is 5.75. The molecule has 138 valence electrons. The Bertz CT molecular complexity index is 388. The van der Waals surface area contributed by atoms with Crippen LogP contribution in [0.4, 0.5) is 0 Å². The first kappa shape index (κ1) is 22.4. The maximum Gasteiger partial charge on any atom is 0.303 e. The van der Waals surface area contributed by atoms with E-state index in [0.717, 1.165) is 25.7 Å². The topological polar surface area (TPSA) is 57.6 Å². The van der Waals surface area contributed by atoms with Crippen molar-refractivity contribution < 1.29 is 14.7 Å². The Kier molecular flexibility index (Phi) is 15.2. The summed E-state index contributed by atoms with van der Waals surface area (Å²) in [5.41, 5.74) is 0. The highest BCUT2D eigenvalue weighted by Crippen LogP contribution is 2.07. The molecule has 0 aromatic carbocycles. The smallest absolute Gasteiger partial charge is 0.303 e. The van der Waals surface area contributed by atoms with Crippen LogP contribution in [-0.2, 0) is 9.59 Å². The van der Waals surface area contributed by atoms with Crippen molar-refractivity contribution in [1.82, 2.24) is 4.90 Å². The Morgan fingerprint density at radius 3 is 2.17 bits per heavy atom. The maximum absolute atomic E-state index is 11.9. The normalized spacial score (nSPS) is 11.4. The van der Waals surface area contributed by atoms with Gasteiger partial charge in [0.25, 0.3) is 0 Å². The highest BCUT2D eigenvalue weighted by Gasteiger charge is 2.06. The second-order valence-electron chi connectivity index (χ2n) is 6.29. The first-order valence-corrected chi connectivity index (χ1v) is 9.35. The van der Waals surface area contributed by atoms with Gasteiger partial charge in [-0.15, -0.1) is 0 Å². The summed E-state index contributed by atoms with van der Waals surface area (Å²) in [4.78, 5) is 24.1. The number of carbonyl (C=O) groups excluding carboxylic acids is 1. The zero-order valence-electron chi connectivity index (χ0n) is 15.5. The van der Waals surface area contributed by atoms with E-state index in [1.807, 2.05) is 19.2 Å². The van der Waals surface area contributed by atoms with Crippen molar-refractivity contribution in [2.75, 3.05) is 13.6 Å². The van der Waals surface area contributed by atoms with Gasteiger partial charge in [0, 0.05) is 26.4 Å². The minimum Gasteiger partial charge on any atom is -0.481 e. The summed E-state index contributed by atoms with van der Waals surface area (Å²) in [5, 5.41) is 8.54. The zero-order valence-corrected chi connectivity index (χ0v) is 15.5. The average molecular weight is 338 g/mol. The fraction of sp³-hybridized carbons (Fsp3) is 0.700. The Morgan fingerprint density at radius 1 is 0.875 bits per heavy atom. The van der Waals surface area contributed by atoms with Crippen molar-refractivity contribution in [2.45, 2.75) is 77.6 Å². The fourth-order valence-corrected chi connectivity index (χ4v) is 2.36. The van der Waals surface area contributed by atoms with Crippen molar-refractivity contribution >= 4 is 11.9 Å². The van der Waals surface area contributed by atoms with E-state index in [2.05, 4.69) is 19.1 Å². The molecule has 0 rings (SSSR count). The summed E-state index contributed by atoms with van der Waals surface area (Å²) in [6.45, 7) is 2.86. The molecule has 0 radical (unpaired) electrons. The molecule has 0 aliphatic carbocycles. The third kappa shape index (κ3) is 15.3. The van der Waals surface area contributed by atoms with E-state index in [4.69, 9.17) is 5.11 Å². The third-order valence-electron chi connectivity index (χ3n) is 3.94. The number of nitrogens with zero attached hydrogens (tertiary/aromatic N) is 1. The van der Waals surface area contributed by atoms with Crippen LogP contribution in [0, 0.1) is 0 Å². The predicted molar refractivity (Wildman–Crippen MR) is 100 cm³/mol. The van der Waals surface area contributed by atoms with Gasteiger partial charge in [-0.05, 0) is 25.7 Å². The fourth-order valence-electron chi connectivity index (χ4n) is 2.36. The summed E-state index contributed by atoms with van der Waals surface area (Å²) < 4.78 is 0. The van der Waals surface area contributed by atoms with Crippen LogP contribution >= 0.6 is 0 Å². The van der Waals surface area contributed by atoms with Crippen molar-refractivity contribution in [3.05, 3.63) is 24.3 Å². The lowest BCUT2D eigenvalue weighted by Gasteiger charge is -2.14. The molecule has 4 nitrogen and oxygen atoms in total. The number of carbonyl (C=O) groups is 2. The van der Waals surface area contributed by atoms with Gasteiger partial charge in [-0.1, -0.05) is 63.3 Å². The molecule has 24 heavy (non-hydrogen) atoms. The van der Waals surface area contributed by atoms with E-state index in [1.54, 1.807) is 4.90 Å². The van der Waals surface area contributed by atoms with E-state index in [9.17, 15) is 9.59 Å². The molecule has 0 aromatic heterocycles. The standard InChI is InChI=1S/C20H35NO3/c1-3-4-5-6-7-8-9-12-15-18-21(2)19(22)16-13-10-11-14-17-20(23)24/h8-9,12,15H,3-7,10-11,13-14,16-18H2,1-2H3,(H,23,24)/b9-8+,15-12-. The van der Waals surface area contributed by atoms with Gasteiger partial charge in [-0.25, -0.2) is 0 Å². The number of carboxylic acid groups (broad SMARTS) is 1. The molecule has 0 bridgehead atoms. The Morgan fingerprint density at radius 2 is 1.50 bits per heavy atom. The molecule has 0 fully saturated rings. The largest absolute Gasteiger partial charge is 0.481 e. The monoisotopic (exact) mass is 337 g/mol. The quantitative estimate of drug-likeness (QED) is 0.340. The van der Waals surface area contributed by atoms with Crippen LogP contribution < -0.4 is 0 Å². The van der Waals surface area contributed by atoms with Gasteiger partial charge >= 0.3 is 5.97 Å². The Balaban J connectivity index is 3.62. The van der Waals surface area contributed by atoms with Crippen molar-refractivity contribution in [1.29, 1.82) is 0 Å². The molecule has 0 spiro atoms. The second kappa shape index (κ2) is 16.3. The number of carboxylic acids is 1. The SMILES string of the molecule is CCCCCC/C=C/C=C\CN(C)C(=O)CCCCCCC(=O)O. The number of amides is 1. The van der Waals surface area contributed by atoms with E-state index in [1.165, 1.54) is 25.7 Å². The molecule has 4 heteroatoms. The molecule has 0 heterocycles. The molecular formula is C20H35NO3. The predicted octanol–water partition coefficient (Wildman–Crippen LogP) is 4.95.